The van der Waals surface area contributed by atoms with Gasteiger partial charge in [-0.25, -0.2) is 0 Å². The van der Waals surface area contributed by atoms with E-state index in [9.17, 15) is 0 Å². The highest BCUT2D eigenvalue weighted by Gasteiger charge is 2.34. The fraction of sp³-hybridized carbons (Fsp3) is 1.00. The van der Waals surface area contributed by atoms with Crippen LogP contribution in [0, 0.1) is 11.3 Å². The summed E-state index contributed by atoms with van der Waals surface area (Å²) in [5.41, 5.74) is 0.674. The zero-order chi connectivity index (χ0) is 13.7. The van der Waals surface area contributed by atoms with Gasteiger partial charge in [0.1, 0.15) is 0 Å². The average molecular weight is 266 g/mol. The van der Waals surface area contributed by atoms with E-state index < -0.39 is 0 Å². The zero-order valence-electron chi connectivity index (χ0n) is 13.4. The third kappa shape index (κ3) is 3.72. The van der Waals surface area contributed by atoms with Gasteiger partial charge in [0.15, 0.2) is 0 Å². The lowest BCUT2D eigenvalue weighted by Crippen LogP contribution is -2.44. The van der Waals surface area contributed by atoms with E-state index in [4.69, 9.17) is 0 Å². The molecule has 2 rings (SSSR count). The summed E-state index contributed by atoms with van der Waals surface area (Å²) in [5, 5.41) is 3.70. The van der Waals surface area contributed by atoms with Crippen molar-refractivity contribution in [1.82, 2.24) is 10.2 Å². The van der Waals surface area contributed by atoms with E-state index >= 15 is 0 Å². The van der Waals surface area contributed by atoms with Crippen molar-refractivity contribution in [2.24, 2.45) is 11.3 Å². The molecule has 0 bridgehead atoms. The zero-order valence-corrected chi connectivity index (χ0v) is 13.4. The molecule has 0 aromatic heterocycles. The second-order valence-corrected chi connectivity index (χ2v) is 6.86. The molecule has 2 atom stereocenters. The highest BCUT2D eigenvalue weighted by atomic mass is 15.1. The molecule has 1 aliphatic heterocycles. The number of likely N-dealkylation sites (tertiary alicyclic amines) is 1. The van der Waals surface area contributed by atoms with Crippen molar-refractivity contribution in [3.63, 3.8) is 0 Å². The Morgan fingerprint density at radius 1 is 1.05 bits per heavy atom. The maximum Gasteiger partial charge on any atom is 0.0107 e. The van der Waals surface area contributed by atoms with Crippen molar-refractivity contribution in [3.05, 3.63) is 0 Å². The van der Waals surface area contributed by atoms with Crippen LogP contribution in [-0.2, 0) is 0 Å². The van der Waals surface area contributed by atoms with Gasteiger partial charge >= 0.3 is 0 Å². The molecule has 1 heterocycles. The Bertz CT molecular complexity index is 250. The molecule has 112 valence electrons. The van der Waals surface area contributed by atoms with E-state index in [-0.39, 0.29) is 0 Å². The Balaban J connectivity index is 1.79. The summed E-state index contributed by atoms with van der Waals surface area (Å²) >= 11 is 0. The van der Waals surface area contributed by atoms with Gasteiger partial charge < -0.3 is 10.2 Å². The van der Waals surface area contributed by atoms with Crippen LogP contribution < -0.4 is 5.32 Å². The van der Waals surface area contributed by atoms with Crippen molar-refractivity contribution in [2.45, 2.75) is 71.8 Å². The number of hydrogen-bond acceptors (Lipinski definition) is 2. The Morgan fingerprint density at radius 3 is 2.32 bits per heavy atom. The number of nitrogens with zero attached hydrogens (tertiary/aromatic N) is 1. The first-order valence-corrected chi connectivity index (χ1v) is 8.68. The van der Waals surface area contributed by atoms with Crippen LogP contribution in [0.2, 0.25) is 0 Å². The molecule has 0 radical (unpaired) electrons. The first-order chi connectivity index (χ1) is 9.23. The van der Waals surface area contributed by atoms with Crippen LogP contribution in [0.1, 0.15) is 65.7 Å². The predicted octanol–water partition coefficient (Wildman–Crippen LogP) is 3.67. The maximum absolute atomic E-state index is 3.70. The number of nitrogens with one attached hydrogen (secondary N) is 1. The molecule has 19 heavy (non-hydrogen) atoms. The predicted molar refractivity (Wildman–Crippen MR) is 83.5 cm³/mol. The van der Waals surface area contributed by atoms with Crippen LogP contribution in [0.3, 0.4) is 0 Å². The van der Waals surface area contributed by atoms with Crippen LogP contribution in [-0.4, -0.2) is 37.1 Å². The molecule has 0 spiro atoms. The van der Waals surface area contributed by atoms with Crippen LogP contribution in [0.25, 0.3) is 0 Å². The van der Waals surface area contributed by atoms with Gasteiger partial charge in [-0.3, -0.25) is 0 Å². The molecular formula is C17H34N2. The molecule has 0 aromatic carbocycles. The summed E-state index contributed by atoms with van der Waals surface area (Å²) < 4.78 is 0. The lowest BCUT2D eigenvalue weighted by molar-refractivity contribution is 0.0817. The number of piperidine rings is 1. The first-order valence-electron chi connectivity index (χ1n) is 8.68. The highest BCUT2D eigenvalue weighted by Crippen LogP contribution is 2.38. The van der Waals surface area contributed by atoms with Crippen LogP contribution in [0.5, 0.6) is 0 Å². The minimum absolute atomic E-state index is 0.674. The van der Waals surface area contributed by atoms with Crippen molar-refractivity contribution < 1.29 is 0 Å². The topological polar surface area (TPSA) is 15.3 Å². The third-order valence-electron chi connectivity index (χ3n) is 6.03. The molecule has 2 fully saturated rings. The monoisotopic (exact) mass is 266 g/mol. The first kappa shape index (κ1) is 15.3. The van der Waals surface area contributed by atoms with Crippen molar-refractivity contribution in [2.75, 3.05) is 26.2 Å². The Kier molecular flexibility index (Phi) is 5.70. The molecule has 1 aliphatic carbocycles. The van der Waals surface area contributed by atoms with Gasteiger partial charge in [-0.15, -0.1) is 0 Å². The Morgan fingerprint density at radius 2 is 1.74 bits per heavy atom. The van der Waals surface area contributed by atoms with Crippen molar-refractivity contribution >= 4 is 0 Å². The largest absolute Gasteiger partial charge is 0.314 e. The molecule has 2 heteroatoms. The maximum atomic E-state index is 3.70. The van der Waals surface area contributed by atoms with Crippen LogP contribution >= 0.6 is 0 Å². The lowest BCUT2D eigenvalue weighted by Gasteiger charge is -2.42. The molecule has 0 aromatic rings. The van der Waals surface area contributed by atoms with E-state index in [0.29, 0.717) is 5.41 Å². The van der Waals surface area contributed by atoms with Gasteiger partial charge in [-0.1, -0.05) is 40.0 Å². The number of rotatable bonds is 6. The smallest absolute Gasteiger partial charge is 0.0107 e. The minimum atomic E-state index is 0.674. The van der Waals surface area contributed by atoms with Crippen LogP contribution in [0.4, 0.5) is 0 Å². The minimum Gasteiger partial charge on any atom is -0.314 e. The second-order valence-electron chi connectivity index (χ2n) is 6.86. The quantitative estimate of drug-likeness (QED) is 0.789. The van der Waals surface area contributed by atoms with Gasteiger partial charge in [-0.05, 0) is 56.7 Å². The fourth-order valence-corrected chi connectivity index (χ4v) is 4.28. The summed E-state index contributed by atoms with van der Waals surface area (Å²) in [5.74, 6) is 0.913. The highest BCUT2D eigenvalue weighted by molar-refractivity contribution is 4.88. The van der Waals surface area contributed by atoms with E-state index in [2.05, 4.69) is 31.0 Å². The second kappa shape index (κ2) is 7.08. The molecule has 2 nitrogen and oxygen atoms in total. The Hall–Kier alpha value is -0.0800. The summed E-state index contributed by atoms with van der Waals surface area (Å²) in [4.78, 5) is 2.75. The van der Waals surface area contributed by atoms with Gasteiger partial charge in [-0.2, -0.15) is 0 Å². The molecule has 2 unspecified atom stereocenters. The molecule has 1 saturated carbocycles. The molecule has 1 N–H and O–H groups in total. The van der Waals surface area contributed by atoms with E-state index in [1.807, 2.05) is 0 Å². The van der Waals surface area contributed by atoms with Crippen LogP contribution in [0.15, 0.2) is 0 Å². The fourth-order valence-electron chi connectivity index (χ4n) is 4.28. The van der Waals surface area contributed by atoms with Gasteiger partial charge in [0, 0.05) is 12.6 Å². The lowest BCUT2D eigenvalue weighted by atomic mass is 9.74. The van der Waals surface area contributed by atoms with Gasteiger partial charge in [0.05, 0.1) is 0 Å². The van der Waals surface area contributed by atoms with Crippen molar-refractivity contribution in [3.8, 4) is 0 Å². The number of hydrogen-bond donors (Lipinski definition) is 1. The molecular weight excluding hydrogens is 232 g/mol. The van der Waals surface area contributed by atoms with Crippen molar-refractivity contribution in [1.29, 1.82) is 0 Å². The van der Waals surface area contributed by atoms with Gasteiger partial charge in [0.25, 0.3) is 0 Å². The van der Waals surface area contributed by atoms with Gasteiger partial charge in [0.2, 0.25) is 0 Å². The Labute approximate surface area is 120 Å². The average Bonchev–Trinajstić information content (AvgIpc) is 2.88. The summed E-state index contributed by atoms with van der Waals surface area (Å²) in [6.45, 7) is 12.2. The molecule has 1 saturated heterocycles. The third-order valence-corrected chi connectivity index (χ3v) is 6.03. The van der Waals surface area contributed by atoms with E-state index in [1.165, 1.54) is 64.6 Å². The summed E-state index contributed by atoms with van der Waals surface area (Å²) in [6, 6.07) is 0.800. The standard InChI is InChI=1S/C17H34N2/c1-4-17(5-2)10-12-19(13-11-17)14-15-8-7-9-16(15)18-6-3/h15-16,18H,4-14H2,1-3H3. The summed E-state index contributed by atoms with van der Waals surface area (Å²) in [6.07, 6.45) is 9.89. The molecule has 2 aliphatic rings. The SMILES string of the molecule is CCNC1CCCC1CN1CCC(CC)(CC)CC1. The normalized spacial score (nSPS) is 31.7. The van der Waals surface area contributed by atoms with E-state index in [1.54, 1.807) is 0 Å². The van der Waals surface area contributed by atoms with E-state index in [0.717, 1.165) is 18.5 Å². The molecule has 0 amide bonds. The summed E-state index contributed by atoms with van der Waals surface area (Å²) in [7, 11) is 0.